The molecule has 5 heteroatoms. The summed E-state index contributed by atoms with van der Waals surface area (Å²) in [5.41, 5.74) is -1.50. The molecule has 0 saturated carbocycles. The van der Waals surface area contributed by atoms with Crippen molar-refractivity contribution in [2.24, 2.45) is 0 Å². The third-order valence-corrected chi connectivity index (χ3v) is 2.85. The van der Waals surface area contributed by atoms with Crippen LogP contribution in [0.4, 0.5) is 0 Å². The molecule has 0 spiro atoms. The van der Waals surface area contributed by atoms with Gasteiger partial charge in [-0.2, -0.15) is 0 Å². The van der Waals surface area contributed by atoms with Crippen molar-refractivity contribution in [2.45, 2.75) is 11.5 Å². The molecule has 2 atom stereocenters. The molecule has 2 rings (SSSR count). The molecule has 1 aromatic rings. The van der Waals surface area contributed by atoms with Gasteiger partial charge in [0.15, 0.2) is 5.60 Å². The first-order valence-corrected chi connectivity index (χ1v) is 4.93. The van der Waals surface area contributed by atoms with Crippen LogP contribution in [0.3, 0.4) is 0 Å². The van der Waals surface area contributed by atoms with E-state index in [1.807, 2.05) is 0 Å². The average Bonchev–Trinajstić information content (AvgIpc) is 2.28. The van der Waals surface area contributed by atoms with Crippen molar-refractivity contribution in [3.05, 3.63) is 41.5 Å². The molecule has 0 radical (unpaired) electrons. The summed E-state index contributed by atoms with van der Waals surface area (Å²) in [5.74, 6) is -4.44. The van der Waals surface area contributed by atoms with E-state index in [0.717, 1.165) is 6.08 Å². The van der Waals surface area contributed by atoms with Gasteiger partial charge in [-0.15, -0.1) is 0 Å². The molecule has 2 unspecified atom stereocenters. The number of aliphatic hydroxyl groups is 1. The van der Waals surface area contributed by atoms with Crippen LogP contribution in [-0.2, 0) is 9.59 Å². The lowest BCUT2D eigenvalue weighted by atomic mass is 9.76. The zero-order chi connectivity index (χ0) is 12.6. The fourth-order valence-electron chi connectivity index (χ4n) is 1.99. The highest BCUT2D eigenvalue weighted by molar-refractivity contribution is 5.94. The predicted molar refractivity (Wildman–Crippen MR) is 58.4 cm³/mol. The molecule has 0 amide bonds. The number of hydrogen-bond donors (Lipinski definition) is 3. The topological polar surface area (TPSA) is 94.8 Å². The minimum atomic E-state index is -2.40. The van der Waals surface area contributed by atoms with Crippen molar-refractivity contribution in [3.63, 3.8) is 0 Å². The zero-order valence-electron chi connectivity index (χ0n) is 8.70. The molecule has 17 heavy (non-hydrogen) atoms. The number of carboxylic acids is 2. The lowest BCUT2D eigenvalue weighted by Crippen LogP contribution is -2.47. The Morgan fingerprint density at radius 2 is 1.82 bits per heavy atom. The number of aliphatic carboxylic acids is 2. The first kappa shape index (κ1) is 11.3. The maximum Gasteiger partial charge on any atom is 0.341 e. The van der Waals surface area contributed by atoms with Gasteiger partial charge in [0.1, 0.15) is 5.92 Å². The molecule has 1 aromatic carbocycles. The van der Waals surface area contributed by atoms with Crippen molar-refractivity contribution in [1.29, 1.82) is 0 Å². The number of fused-ring (bicyclic) bond motifs is 1. The molecule has 0 saturated heterocycles. The van der Waals surface area contributed by atoms with Crippen LogP contribution in [0.1, 0.15) is 17.0 Å². The van der Waals surface area contributed by atoms with Crippen LogP contribution in [0.25, 0.3) is 6.08 Å². The molecule has 1 aliphatic rings. The number of carboxylic acid groups (broad SMARTS) is 2. The Labute approximate surface area is 96.6 Å². The SMILES string of the molecule is O=C(O)C1c2ccccc2C=CC1(O)C(=O)O. The zero-order valence-corrected chi connectivity index (χ0v) is 8.70. The smallest absolute Gasteiger partial charge is 0.341 e. The van der Waals surface area contributed by atoms with Crippen LogP contribution in [0.2, 0.25) is 0 Å². The molecule has 88 valence electrons. The Kier molecular flexibility index (Phi) is 2.48. The quantitative estimate of drug-likeness (QED) is 0.700. The van der Waals surface area contributed by atoms with E-state index in [1.54, 1.807) is 18.2 Å². The van der Waals surface area contributed by atoms with Gasteiger partial charge in [0, 0.05) is 0 Å². The summed E-state index contributed by atoms with van der Waals surface area (Å²) >= 11 is 0. The summed E-state index contributed by atoms with van der Waals surface area (Å²) in [6.45, 7) is 0. The summed E-state index contributed by atoms with van der Waals surface area (Å²) in [4.78, 5) is 22.2. The van der Waals surface area contributed by atoms with Crippen LogP contribution >= 0.6 is 0 Å². The first-order valence-electron chi connectivity index (χ1n) is 4.93. The molecular formula is C12H10O5. The van der Waals surface area contributed by atoms with Crippen molar-refractivity contribution in [1.82, 2.24) is 0 Å². The monoisotopic (exact) mass is 234 g/mol. The maximum absolute atomic E-state index is 11.2. The van der Waals surface area contributed by atoms with Gasteiger partial charge < -0.3 is 15.3 Å². The van der Waals surface area contributed by atoms with Crippen LogP contribution in [0.5, 0.6) is 0 Å². The standard InChI is InChI=1S/C12H10O5/c13-10(14)9-8-4-2-1-3-7(8)5-6-12(9,17)11(15)16/h1-6,9,17H,(H,13,14)(H,15,16). The van der Waals surface area contributed by atoms with Crippen molar-refractivity contribution < 1.29 is 24.9 Å². The van der Waals surface area contributed by atoms with Crippen LogP contribution < -0.4 is 0 Å². The van der Waals surface area contributed by atoms with E-state index in [-0.39, 0.29) is 0 Å². The third kappa shape index (κ3) is 1.60. The third-order valence-electron chi connectivity index (χ3n) is 2.85. The Balaban J connectivity index is 2.65. The van der Waals surface area contributed by atoms with Crippen LogP contribution in [0, 0.1) is 0 Å². The molecule has 0 aliphatic heterocycles. The molecule has 1 aliphatic carbocycles. The van der Waals surface area contributed by atoms with E-state index in [4.69, 9.17) is 10.2 Å². The van der Waals surface area contributed by atoms with E-state index in [0.29, 0.717) is 11.1 Å². The van der Waals surface area contributed by atoms with E-state index >= 15 is 0 Å². The molecule has 5 nitrogen and oxygen atoms in total. The Bertz CT molecular complexity index is 519. The lowest BCUT2D eigenvalue weighted by molar-refractivity contribution is -0.163. The number of carbonyl (C=O) groups is 2. The Morgan fingerprint density at radius 1 is 1.18 bits per heavy atom. The van der Waals surface area contributed by atoms with E-state index in [1.165, 1.54) is 12.1 Å². The highest BCUT2D eigenvalue weighted by atomic mass is 16.4. The number of benzene rings is 1. The molecular weight excluding hydrogens is 224 g/mol. The summed E-state index contributed by atoms with van der Waals surface area (Å²) < 4.78 is 0. The predicted octanol–water partition coefficient (Wildman–Crippen LogP) is 0.697. The lowest BCUT2D eigenvalue weighted by Gasteiger charge is -2.31. The molecule has 0 fully saturated rings. The largest absolute Gasteiger partial charge is 0.481 e. The normalized spacial score (nSPS) is 26.3. The highest BCUT2D eigenvalue weighted by Crippen LogP contribution is 2.37. The van der Waals surface area contributed by atoms with Gasteiger partial charge in [0.2, 0.25) is 0 Å². The molecule has 0 aromatic heterocycles. The first-order chi connectivity index (χ1) is 7.97. The average molecular weight is 234 g/mol. The van der Waals surface area contributed by atoms with Crippen LogP contribution in [-0.4, -0.2) is 32.9 Å². The minimum Gasteiger partial charge on any atom is -0.481 e. The minimum absolute atomic E-state index is 0.299. The second-order valence-electron chi connectivity index (χ2n) is 3.86. The summed E-state index contributed by atoms with van der Waals surface area (Å²) in [6, 6.07) is 6.50. The molecule has 3 N–H and O–H groups in total. The second kappa shape index (κ2) is 3.71. The van der Waals surface area contributed by atoms with E-state index in [9.17, 15) is 14.7 Å². The maximum atomic E-state index is 11.2. The Morgan fingerprint density at radius 3 is 2.41 bits per heavy atom. The van der Waals surface area contributed by atoms with E-state index in [2.05, 4.69) is 0 Å². The second-order valence-corrected chi connectivity index (χ2v) is 3.86. The van der Waals surface area contributed by atoms with Gasteiger partial charge in [0.05, 0.1) is 0 Å². The summed E-state index contributed by atoms with van der Waals surface area (Å²) in [5, 5.41) is 28.0. The number of hydrogen-bond acceptors (Lipinski definition) is 3. The van der Waals surface area contributed by atoms with E-state index < -0.39 is 23.5 Å². The van der Waals surface area contributed by atoms with Gasteiger partial charge in [-0.3, -0.25) is 4.79 Å². The summed E-state index contributed by atoms with van der Waals surface area (Å²) in [6.07, 6.45) is 2.43. The Hall–Kier alpha value is -2.14. The van der Waals surface area contributed by atoms with Gasteiger partial charge in [-0.05, 0) is 17.2 Å². The molecule has 0 bridgehead atoms. The van der Waals surface area contributed by atoms with Gasteiger partial charge in [-0.25, -0.2) is 4.79 Å². The molecule has 0 heterocycles. The number of rotatable bonds is 2. The van der Waals surface area contributed by atoms with Gasteiger partial charge in [-0.1, -0.05) is 30.3 Å². The van der Waals surface area contributed by atoms with Crippen molar-refractivity contribution >= 4 is 18.0 Å². The fourth-order valence-corrected chi connectivity index (χ4v) is 1.99. The van der Waals surface area contributed by atoms with Gasteiger partial charge in [0.25, 0.3) is 0 Å². The van der Waals surface area contributed by atoms with Gasteiger partial charge >= 0.3 is 11.9 Å². The highest BCUT2D eigenvalue weighted by Gasteiger charge is 2.49. The fraction of sp³-hybridized carbons (Fsp3) is 0.167. The van der Waals surface area contributed by atoms with Crippen molar-refractivity contribution in [3.8, 4) is 0 Å². The van der Waals surface area contributed by atoms with Crippen molar-refractivity contribution in [2.75, 3.05) is 0 Å². The van der Waals surface area contributed by atoms with Crippen LogP contribution in [0.15, 0.2) is 30.3 Å². The summed E-state index contributed by atoms with van der Waals surface area (Å²) in [7, 11) is 0.